The molecule has 1 aromatic carbocycles. The maximum atomic E-state index is 8.99. The number of aromatic nitrogens is 4. The molecule has 0 spiro atoms. The van der Waals surface area contributed by atoms with Crippen molar-refractivity contribution in [3.8, 4) is 17.8 Å². The van der Waals surface area contributed by atoms with Gasteiger partial charge in [-0.3, -0.25) is 0 Å². The Morgan fingerprint density at radius 3 is 2.48 bits per heavy atom. The molecule has 3 rings (SSSR count). The summed E-state index contributed by atoms with van der Waals surface area (Å²) < 4.78 is 5.47. The van der Waals surface area contributed by atoms with Crippen LogP contribution in [-0.2, 0) is 0 Å². The summed E-state index contributed by atoms with van der Waals surface area (Å²) in [5.74, 6) is 0.140. The van der Waals surface area contributed by atoms with Crippen molar-refractivity contribution >= 4 is 40.0 Å². The number of hydrogen-bond donors (Lipinski definition) is 0. The fourth-order valence-electron chi connectivity index (χ4n) is 1.66. The predicted molar refractivity (Wildman–Crippen MR) is 73.8 cm³/mol. The largest absolute Gasteiger partial charge is 0.435 e. The Morgan fingerprint density at radius 1 is 1.14 bits per heavy atom. The number of hydrogen-bond acceptors (Lipinski definition) is 6. The molecule has 0 radical (unpaired) electrons. The van der Waals surface area contributed by atoms with E-state index in [9.17, 15) is 0 Å². The molecule has 9 heteroatoms. The van der Waals surface area contributed by atoms with Gasteiger partial charge in [0.25, 0.3) is 5.89 Å². The minimum Gasteiger partial charge on any atom is -0.435 e. The van der Waals surface area contributed by atoms with E-state index in [1.54, 1.807) is 0 Å². The van der Waals surface area contributed by atoms with Crippen LogP contribution in [0.5, 0.6) is 0 Å². The van der Waals surface area contributed by atoms with E-state index in [2.05, 4.69) is 24.8 Å². The third-order valence-electron chi connectivity index (χ3n) is 2.52. The Bertz CT molecular complexity index is 882. The van der Waals surface area contributed by atoms with Crippen molar-refractivity contribution in [2.24, 2.45) is 0 Å². The van der Waals surface area contributed by atoms with Crippen LogP contribution in [0.2, 0.25) is 10.6 Å². The van der Waals surface area contributed by atoms with Crippen LogP contribution in [0.4, 0.5) is 5.69 Å². The summed E-state index contributed by atoms with van der Waals surface area (Å²) in [6.07, 6.45) is 0. The number of nitriles is 1. The van der Waals surface area contributed by atoms with Gasteiger partial charge in [0.1, 0.15) is 11.1 Å². The van der Waals surface area contributed by atoms with E-state index in [-0.39, 0.29) is 33.5 Å². The number of oxazole rings is 1. The summed E-state index contributed by atoms with van der Waals surface area (Å²) in [7, 11) is 0. The highest BCUT2D eigenvalue weighted by molar-refractivity contribution is 6.31. The van der Waals surface area contributed by atoms with Gasteiger partial charge in [-0.15, -0.1) is 0 Å². The van der Waals surface area contributed by atoms with Crippen LogP contribution >= 0.6 is 23.2 Å². The number of halogens is 2. The SMILES string of the molecule is [C-]#[N+]c1cc2oc(-c3nc(Cl)nc(Cl)n3)nc2cc1C#N. The number of rotatable bonds is 1. The van der Waals surface area contributed by atoms with Gasteiger partial charge in [0.05, 0.1) is 18.2 Å². The molecule has 0 unspecified atom stereocenters. The van der Waals surface area contributed by atoms with Crippen LogP contribution in [0.3, 0.4) is 0 Å². The summed E-state index contributed by atoms with van der Waals surface area (Å²) >= 11 is 11.4. The minimum absolute atomic E-state index is 0.0686. The molecule has 0 aliphatic rings. The van der Waals surface area contributed by atoms with Crippen LogP contribution in [0.1, 0.15) is 5.56 Å². The van der Waals surface area contributed by atoms with E-state index >= 15 is 0 Å². The fraction of sp³-hybridized carbons (Fsp3) is 0. The van der Waals surface area contributed by atoms with Gasteiger partial charge in [0, 0.05) is 0 Å². The first-order valence-corrected chi connectivity index (χ1v) is 6.16. The quantitative estimate of drug-likeness (QED) is 0.639. The normalized spacial score (nSPS) is 10.3. The lowest BCUT2D eigenvalue weighted by Crippen LogP contribution is -1.93. The van der Waals surface area contributed by atoms with Crippen LogP contribution in [0.25, 0.3) is 27.7 Å². The van der Waals surface area contributed by atoms with E-state index in [1.165, 1.54) is 12.1 Å². The second-order valence-electron chi connectivity index (χ2n) is 3.78. The Balaban J connectivity index is 2.22. The molecule has 0 aliphatic carbocycles. The summed E-state index contributed by atoms with van der Waals surface area (Å²) in [5.41, 5.74) is 1.13. The summed E-state index contributed by atoms with van der Waals surface area (Å²) in [6.45, 7) is 7.03. The van der Waals surface area contributed by atoms with Crippen molar-refractivity contribution in [1.82, 2.24) is 19.9 Å². The van der Waals surface area contributed by atoms with Crippen LogP contribution in [-0.4, -0.2) is 19.9 Å². The van der Waals surface area contributed by atoms with Crippen LogP contribution in [0.15, 0.2) is 16.5 Å². The van der Waals surface area contributed by atoms with Crippen molar-refractivity contribution in [2.45, 2.75) is 0 Å². The highest BCUT2D eigenvalue weighted by Gasteiger charge is 2.15. The van der Waals surface area contributed by atoms with Crippen molar-refractivity contribution in [1.29, 1.82) is 5.26 Å². The molecule has 0 bridgehead atoms. The van der Waals surface area contributed by atoms with Gasteiger partial charge < -0.3 is 4.42 Å². The number of benzene rings is 1. The first-order chi connectivity index (χ1) is 10.1. The van der Waals surface area contributed by atoms with Gasteiger partial charge in [0.15, 0.2) is 0 Å². The molecule has 0 fully saturated rings. The van der Waals surface area contributed by atoms with E-state index in [0.717, 1.165) is 0 Å². The van der Waals surface area contributed by atoms with Gasteiger partial charge in [-0.1, -0.05) is 0 Å². The molecule has 100 valence electrons. The molecule has 7 nitrogen and oxygen atoms in total. The molecule has 2 heterocycles. The van der Waals surface area contributed by atoms with Crippen molar-refractivity contribution < 1.29 is 4.42 Å². The molecule has 0 amide bonds. The van der Waals surface area contributed by atoms with E-state index in [0.29, 0.717) is 11.1 Å². The molecule has 0 saturated heterocycles. The number of fused-ring (bicyclic) bond motifs is 1. The Labute approximate surface area is 127 Å². The van der Waals surface area contributed by atoms with Gasteiger partial charge in [-0.05, 0) is 35.3 Å². The molecule has 0 atom stereocenters. The smallest absolute Gasteiger partial charge is 0.266 e. The second kappa shape index (κ2) is 4.98. The maximum Gasteiger partial charge on any atom is 0.266 e. The minimum atomic E-state index is -0.0909. The van der Waals surface area contributed by atoms with E-state index in [1.807, 2.05) is 6.07 Å². The van der Waals surface area contributed by atoms with Crippen LogP contribution < -0.4 is 0 Å². The summed E-state index contributed by atoms with van der Waals surface area (Å²) in [6, 6.07) is 4.82. The molecule has 21 heavy (non-hydrogen) atoms. The lowest BCUT2D eigenvalue weighted by atomic mass is 10.2. The monoisotopic (exact) mass is 316 g/mol. The highest BCUT2D eigenvalue weighted by atomic mass is 35.5. The van der Waals surface area contributed by atoms with Crippen molar-refractivity contribution in [2.75, 3.05) is 0 Å². The average molecular weight is 317 g/mol. The molecule has 3 aromatic rings. The molecule has 0 N–H and O–H groups in total. The predicted octanol–water partition coefficient (Wildman–Crippen LogP) is 3.41. The maximum absolute atomic E-state index is 8.99. The summed E-state index contributed by atoms with van der Waals surface area (Å²) in [4.78, 5) is 18.8. The average Bonchev–Trinajstić information content (AvgIpc) is 2.87. The first-order valence-electron chi connectivity index (χ1n) is 5.40. The lowest BCUT2D eigenvalue weighted by molar-refractivity contribution is 0.612. The third-order valence-corrected chi connectivity index (χ3v) is 2.86. The van der Waals surface area contributed by atoms with E-state index in [4.69, 9.17) is 39.5 Å². The molecule has 0 aliphatic heterocycles. The molecular weight excluding hydrogens is 315 g/mol. The zero-order chi connectivity index (χ0) is 15.0. The topological polar surface area (TPSA) is 92.8 Å². The fourth-order valence-corrected chi connectivity index (χ4v) is 2.03. The van der Waals surface area contributed by atoms with Crippen molar-refractivity contribution in [3.63, 3.8) is 0 Å². The molecule has 0 saturated carbocycles. The summed E-state index contributed by atoms with van der Waals surface area (Å²) in [5, 5.41) is 8.80. The zero-order valence-corrected chi connectivity index (χ0v) is 11.5. The molecule has 2 aromatic heterocycles. The Hall–Kier alpha value is -2.74. The van der Waals surface area contributed by atoms with Gasteiger partial charge in [-0.25, -0.2) is 9.83 Å². The number of nitrogens with zero attached hydrogens (tertiary/aromatic N) is 6. The Kier molecular flexibility index (Phi) is 3.15. The zero-order valence-electron chi connectivity index (χ0n) is 10.0. The first kappa shape index (κ1) is 13.3. The van der Waals surface area contributed by atoms with Gasteiger partial charge in [-0.2, -0.15) is 20.2 Å². The van der Waals surface area contributed by atoms with Gasteiger partial charge >= 0.3 is 0 Å². The van der Waals surface area contributed by atoms with Gasteiger partial charge in [0.2, 0.25) is 22.1 Å². The highest BCUT2D eigenvalue weighted by Crippen LogP contribution is 2.29. The standard InChI is InChI=1S/C12H2Cl2N6O/c1-16-6-3-8-7(2-5(6)4-15)17-10(21-8)9-18-11(13)20-12(14)19-9/h2-3H. The van der Waals surface area contributed by atoms with E-state index < -0.39 is 0 Å². The third kappa shape index (κ3) is 2.36. The van der Waals surface area contributed by atoms with Crippen LogP contribution in [0, 0.1) is 17.9 Å². The Morgan fingerprint density at radius 2 is 1.86 bits per heavy atom. The lowest BCUT2D eigenvalue weighted by Gasteiger charge is -1.94. The second-order valence-corrected chi connectivity index (χ2v) is 4.45. The van der Waals surface area contributed by atoms with Crippen molar-refractivity contribution in [3.05, 3.63) is 39.7 Å². The molecular formula is C12H2Cl2N6O.